The molecule has 0 bridgehead atoms. The molecule has 2 rings (SSSR count). The molecule has 0 spiro atoms. The third kappa shape index (κ3) is 3.44. The molecule has 1 aromatic rings. The standard InChI is InChI=1S/C15H23FN2O2S/c1-10-8-14(16)9-11(2)15(10)21(19,20)17-18-12(3)6-5-7-13(18)4/h8-9,12-13,17H,5-7H2,1-4H3. The maximum Gasteiger partial charge on any atom is 0.254 e. The Bertz CT molecular complexity index is 598. The van der Waals surface area contributed by atoms with Crippen LogP contribution in [0.25, 0.3) is 0 Å². The van der Waals surface area contributed by atoms with Crippen LogP contribution in [0.1, 0.15) is 44.2 Å². The van der Waals surface area contributed by atoms with E-state index in [9.17, 15) is 12.8 Å². The molecular weight excluding hydrogens is 291 g/mol. The molecule has 0 aliphatic carbocycles. The van der Waals surface area contributed by atoms with Crippen LogP contribution in [-0.2, 0) is 10.0 Å². The molecule has 6 heteroatoms. The van der Waals surface area contributed by atoms with Gasteiger partial charge in [-0.1, -0.05) is 6.42 Å². The van der Waals surface area contributed by atoms with Gasteiger partial charge in [0.2, 0.25) is 0 Å². The summed E-state index contributed by atoms with van der Waals surface area (Å²) in [5.41, 5.74) is 0.856. The average Bonchev–Trinajstić information content (AvgIpc) is 2.32. The number of nitrogens with zero attached hydrogens (tertiary/aromatic N) is 1. The molecule has 0 aromatic heterocycles. The van der Waals surface area contributed by atoms with Crippen molar-refractivity contribution >= 4 is 10.0 Å². The molecule has 1 heterocycles. The molecule has 0 radical (unpaired) electrons. The van der Waals surface area contributed by atoms with E-state index >= 15 is 0 Å². The van der Waals surface area contributed by atoms with Crippen LogP contribution in [0.15, 0.2) is 17.0 Å². The number of hydrogen-bond acceptors (Lipinski definition) is 3. The summed E-state index contributed by atoms with van der Waals surface area (Å²) in [5, 5.41) is 1.81. The van der Waals surface area contributed by atoms with Crippen LogP contribution in [0.4, 0.5) is 4.39 Å². The van der Waals surface area contributed by atoms with Crippen LogP contribution in [0, 0.1) is 19.7 Å². The van der Waals surface area contributed by atoms with Crippen LogP contribution in [-0.4, -0.2) is 25.5 Å². The number of rotatable bonds is 3. The molecule has 0 amide bonds. The van der Waals surface area contributed by atoms with Crippen molar-refractivity contribution in [3.8, 4) is 0 Å². The SMILES string of the molecule is Cc1cc(F)cc(C)c1S(=O)(=O)NN1C(C)CCCC1C. The highest BCUT2D eigenvalue weighted by Crippen LogP contribution is 2.25. The molecule has 0 saturated carbocycles. The number of piperidine rings is 1. The lowest BCUT2D eigenvalue weighted by atomic mass is 10.0. The van der Waals surface area contributed by atoms with E-state index in [2.05, 4.69) is 4.83 Å². The fourth-order valence-electron chi connectivity index (χ4n) is 3.11. The Labute approximate surface area is 126 Å². The Morgan fingerprint density at radius 3 is 2.10 bits per heavy atom. The summed E-state index contributed by atoms with van der Waals surface area (Å²) in [6.45, 7) is 7.27. The van der Waals surface area contributed by atoms with Gasteiger partial charge in [0.1, 0.15) is 5.82 Å². The summed E-state index contributed by atoms with van der Waals surface area (Å²) in [6, 6.07) is 2.82. The van der Waals surface area contributed by atoms with E-state index in [1.807, 2.05) is 13.8 Å². The Morgan fingerprint density at radius 1 is 1.14 bits per heavy atom. The second kappa shape index (κ2) is 6.02. The molecule has 1 aliphatic rings. The number of halogens is 1. The summed E-state index contributed by atoms with van der Waals surface area (Å²) < 4.78 is 38.7. The molecule has 1 aromatic carbocycles. The molecule has 2 atom stereocenters. The van der Waals surface area contributed by atoms with Crippen LogP contribution in [0.2, 0.25) is 0 Å². The molecule has 21 heavy (non-hydrogen) atoms. The van der Waals surface area contributed by atoms with Crippen molar-refractivity contribution in [2.45, 2.75) is 63.9 Å². The second-order valence-electron chi connectivity index (χ2n) is 6.00. The van der Waals surface area contributed by atoms with Gasteiger partial charge in [0.25, 0.3) is 10.0 Å². The van der Waals surface area contributed by atoms with Gasteiger partial charge in [0.15, 0.2) is 0 Å². The van der Waals surface area contributed by atoms with Crippen molar-refractivity contribution in [1.29, 1.82) is 0 Å². The third-order valence-corrected chi connectivity index (χ3v) is 5.75. The summed E-state index contributed by atoms with van der Waals surface area (Å²) in [7, 11) is -3.69. The highest BCUT2D eigenvalue weighted by Gasteiger charge is 2.30. The maximum atomic E-state index is 13.4. The average molecular weight is 314 g/mol. The molecule has 1 fully saturated rings. The van der Waals surface area contributed by atoms with Crippen molar-refractivity contribution in [2.75, 3.05) is 0 Å². The van der Waals surface area contributed by atoms with Crippen LogP contribution in [0.3, 0.4) is 0 Å². The van der Waals surface area contributed by atoms with Gasteiger partial charge in [-0.05, 0) is 63.8 Å². The smallest absolute Gasteiger partial charge is 0.225 e. The van der Waals surface area contributed by atoms with Gasteiger partial charge in [-0.25, -0.2) is 17.8 Å². The predicted molar refractivity (Wildman–Crippen MR) is 80.8 cm³/mol. The molecule has 4 nitrogen and oxygen atoms in total. The summed E-state index contributed by atoms with van der Waals surface area (Å²) >= 11 is 0. The molecule has 1 N–H and O–H groups in total. The van der Waals surface area contributed by atoms with Gasteiger partial charge in [-0.15, -0.1) is 4.83 Å². The second-order valence-corrected chi connectivity index (χ2v) is 7.60. The van der Waals surface area contributed by atoms with Gasteiger partial charge in [-0.3, -0.25) is 0 Å². The minimum absolute atomic E-state index is 0.157. The summed E-state index contributed by atoms with van der Waals surface area (Å²) in [6.07, 6.45) is 3.04. The zero-order valence-electron chi connectivity index (χ0n) is 13.0. The Hall–Kier alpha value is -0.980. The molecular formula is C15H23FN2O2S. The van der Waals surface area contributed by atoms with E-state index in [1.165, 1.54) is 12.1 Å². The predicted octanol–water partition coefficient (Wildman–Crippen LogP) is 2.90. The number of hydrazine groups is 1. The zero-order valence-corrected chi connectivity index (χ0v) is 13.8. The van der Waals surface area contributed by atoms with Crippen molar-refractivity contribution in [2.24, 2.45) is 0 Å². The molecule has 2 unspecified atom stereocenters. The maximum absolute atomic E-state index is 13.4. The molecule has 118 valence electrons. The molecule has 1 aliphatic heterocycles. The highest BCUT2D eigenvalue weighted by molar-refractivity contribution is 7.89. The first-order valence-electron chi connectivity index (χ1n) is 7.30. The summed E-state index contributed by atoms with van der Waals surface area (Å²) in [4.78, 5) is 2.87. The highest BCUT2D eigenvalue weighted by atomic mass is 32.2. The van der Waals surface area contributed by atoms with Crippen molar-refractivity contribution in [3.05, 3.63) is 29.1 Å². The van der Waals surface area contributed by atoms with Crippen LogP contribution < -0.4 is 4.83 Å². The number of aryl methyl sites for hydroxylation is 2. The van der Waals surface area contributed by atoms with Gasteiger partial charge in [-0.2, -0.15) is 0 Å². The summed E-state index contributed by atoms with van der Waals surface area (Å²) in [5.74, 6) is -0.413. The number of hydrogen-bond donors (Lipinski definition) is 1. The monoisotopic (exact) mass is 314 g/mol. The van der Waals surface area contributed by atoms with Gasteiger partial charge in [0, 0.05) is 12.1 Å². The van der Waals surface area contributed by atoms with Crippen molar-refractivity contribution < 1.29 is 12.8 Å². The largest absolute Gasteiger partial charge is 0.254 e. The van der Waals surface area contributed by atoms with Gasteiger partial charge < -0.3 is 0 Å². The van der Waals surface area contributed by atoms with E-state index in [4.69, 9.17) is 0 Å². The van der Waals surface area contributed by atoms with E-state index in [0.717, 1.165) is 19.3 Å². The van der Waals surface area contributed by atoms with Crippen molar-refractivity contribution in [1.82, 2.24) is 9.84 Å². The van der Waals surface area contributed by atoms with Crippen LogP contribution >= 0.6 is 0 Å². The number of sulfonamides is 1. The number of benzene rings is 1. The fraction of sp³-hybridized carbons (Fsp3) is 0.600. The minimum Gasteiger partial charge on any atom is -0.225 e. The zero-order chi connectivity index (χ0) is 15.8. The third-order valence-electron chi connectivity index (χ3n) is 4.11. The lowest BCUT2D eigenvalue weighted by Gasteiger charge is -2.38. The van der Waals surface area contributed by atoms with Crippen LogP contribution in [0.5, 0.6) is 0 Å². The first kappa shape index (κ1) is 16.4. The Balaban J connectivity index is 2.35. The van der Waals surface area contributed by atoms with E-state index < -0.39 is 15.8 Å². The minimum atomic E-state index is -3.69. The van der Waals surface area contributed by atoms with Gasteiger partial charge >= 0.3 is 0 Å². The van der Waals surface area contributed by atoms with E-state index in [0.29, 0.717) is 11.1 Å². The lowest BCUT2D eigenvalue weighted by Crippen LogP contribution is -2.54. The Kier molecular flexibility index (Phi) is 4.70. The van der Waals surface area contributed by atoms with Crippen molar-refractivity contribution in [3.63, 3.8) is 0 Å². The molecule has 1 saturated heterocycles. The fourth-order valence-corrected chi connectivity index (χ4v) is 4.80. The Morgan fingerprint density at radius 2 is 1.62 bits per heavy atom. The lowest BCUT2D eigenvalue weighted by molar-refractivity contribution is 0.0790. The topological polar surface area (TPSA) is 49.4 Å². The number of nitrogens with one attached hydrogen (secondary N) is 1. The normalized spacial score (nSPS) is 24.2. The van der Waals surface area contributed by atoms with E-state index in [1.54, 1.807) is 18.9 Å². The quantitative estimate of drug-likeness (QED) is 0.933. The first-order valence-corrected chi connectivity index (χ1v) is 8.78. The first-order chi connectivity index (χ1) is 9.72. The van der Waals surface area contributed by atoms with E-state index in [-0.39, 0.29) is 17.0 Å². The van der Waals surface area contributed by atoms with Gasteiger partial charge in [0.05, 0.1) is 4.90 Å².